The van der Waals surface area contributed by atoms with Gasteiger partial charge in [0.15, 0.2) is 0 Å². The van der Waals surface area contributed by atoms with Gasteiger partial charge < -0.3 is 9.64 Å². The van der Waals surface area contributed by atoms with E-state index in [2.05, 4.69) is 0 Å². The topological polar surface area (TPSA) is 49.9 Å². The largest absolute Gasteiger partial charge is 0.383 e. The summed E-state index contributed by atoms with van der Waals surface area (Å²) in [7, 11) is 1.58. The second-order valence-electron chi connectivity index (χ2n) is 5.17. The molecule has 2 rings (SSSR count). The average Bonchev–Trinajstić information content (AvgIpc) is 2.63. The van der Waals surface area contributed by atoms with Gasteiger partial charge in [0.2, 0.25) is 0 Å². The lowest BCUT2D eigenvalue weighted by Gasteiger charge is -2.20. The highest BCUT2D eigenvalue weighted by Gasteiger charge is 2.38. The number of carbonyl (C=O) groups is 2. The molecule has 1 saturated heterocycles. The summed E-state index contributed by atoms with van der Waals surface area (Å²) in [6, 6.07) is 3.71. The van der Waals surface area contributed by atoms with Crippen LogP contribution in [0.2, 0.25) is 0 Å². The number of amides is 3. The van der Waals surface area contributed by atoms with Crippen molar-refractivity contribution in [2.45, 2.75) is 20.8 Å². The van der Waals surface area contributed by atoms with Crippen molar-refractivity contribution in [2.24, 2.45) is 0 Å². The number of anilines is 1. The maximum absolute atomic E-state index is 12.4. The predicted molar refractivity (Wildman–Crippen MR) is 77.0 cm³/mol. The maximum Gasteiger partial charge on any atom is 0.331 e. The van der Waals surface area contributed by atoms with Gasteiger partial charge in [0.25, 0.3) is 5.91 Å². The molecule has 0 bridgehead atoms. The number of hydrogen-bond donors (Lipinski definition) is 0. The molecule has 0 radical (unpaired) electrons. The summed E-state index contributed by atoms with van der Waals surface area (Å²) in [5.74, 6) is -0.179. The van der Waals surface area contributed by atoms with Gasteiger partial charge in [-0.15, -0.1) is 0 Å². The summed E-state index contributed by atoms with van der Waals surface area (Å²) in [6.07, 6.45) is 0. The lowest BCUT2D eigenvalue weighted by Crippen LogP contribution is -2.35. The second-order valence-corrected chi connectivity index (χ2v) is 5.17. The molecule has 0 saturated carbocycles. The van der Waals surface area contributed by atoms with E-state index in [0.29, 0.717) is 18.8 Å². The molecule has 20 heavy (non-hydrogen) atoms. The molecule has 3 amide bonds. The van der Waals surface area contributed by atoms with Crippen molar-refractivity contribution in [2.75, 3.05) is 31.7 Å². The number of imide groups is 1. The van der Waals surface area contributed by atoms with Gasteiger partial charge in [-0.25, -0.2) is 9.69 Å². The number of methoxy groups -OCH3 is 1. The Morgan fingerprint density at radius 1 is 1.15 bits per heavy atom. The van der Waals surface area contributed by atoms with E-state index in [1.807, 2.05) is 32.9 Å². The number of benzene rings is 1. The van der Waals surface area contributed by atoms with Gasteiger partial charge in [-0.2, -0.15) is 0 Å². The molecule has 108 valence electrons. The van der Waals surface area contributed by atoms with Crippen LogP contribution in [0.25, 0.3) is 0 Å². The molecular formula is C15H20N2O3. The third kappa shape index (κ3) is 2.54. The van der Waals surface area contributed by atoms with Crippen molar-refractivity contribution >= 4 is 17.6 Å². The highest BCUT2D eigenvalue weighted by molar-refractivity contribution is 6.20. The number of ether oxygens (including phenoxy) is 1. The minimum absolute atomic E-state index is 0.120. The Balaban J connectivity index is 2.34. The van der Waals surface area contributed by atoms with Gasteiger partial charge >= 0.3 is 6.03 Å². The van der Waals surface area contributed by atoms with Crippen LogP contribution in [0.4, 0.5) is 10.5 Å². The van der Waals surface area contributed by atoms with Crippen molar-refractivity contribution in [3.05, 3.63) is 28.8 Å². The lowest BCUT2D eigenvalue weighted by atomic mass is 10.0. The van der Waals surface area contributed by atoms with Crippen LogP contribution < -0.4 is 4.90 Å². The van der Waals surface area contributed by atoms with Gasteiger partial charge in [0, 0.05) is 13.7 Å². The van der Waals surface area contributed by atoms with E-state index < -0.39 is 0 Å². The molecule has 1 aliphatic rings. The Morgan fingerprint density at radius 3 is 2.30 bits per heavy atom. The maximum atomic E-state index is 12.4. The van der Waals surface area contributed by atoms with E-state index in [1.54, 1.807) is 7.11 Å². The summed E-state index contributed by atoms with van der Waals surface area (Å²) in [6.45, 7) is 6.83. The SMILES string of the molecule is COCCN1CC(=O)N(c2c(C)cc(C)cc2C)C1=O. The van der Waals surface area contributed by atoms with Crippen LogP contribution in [0.3, 0.4) is 0 Å². The second kappa shape index (κ2) is 5.63. The van der Waals surface area contributed by atoms with Crippen LogP contribution in [0.1, 0.15) is 16.7 Å². The Labute approximate surface area is 119 Å². The number of hydrogen-bond acceptors (Lipinski definition) is 3. The van der Waals surface area contributed by atoms with Crippen molar-refractivity contribution < 1.29 is 14.3 Å². The number of urea groups is 1. The fraction of sp³-hybridized carbons (Fsp3) is 0.467. The highest BCUT2D eigenvalue weighted by atomic mass is 16.5. The minimum Gasteiger partial charge on any atom is -0.383 e. The van der Waals surface area contributed by atoms with Gasteiger partial charge in [-0.05, 0) is 31.9 Å². The number of rotatable bonds is 4. The Bertz CT molecular complexity index is 531. The van der Waals surface area contributed by atoms with E-state index in [1.165, 1.54) is 9.80 Å². The predicted octanol–water partition coefficient (Wildman–Crippen LogP) is 2.03. The van der Waals surface area contributed by atoms with Crippen LogP contribution in [0, 0.1) is 20.8 Å². The van der Waals surface area contributed by atoms with Crippen molar-refractivity contribution in [1.82, 2.24) is 4.90 Å². The zero-order valence-electron chi connectivity index (χ0n) is 12.4. The molecule has 1 aromatic rings. The normalized spacial score (nSPS) is 15.4. The van der Waals surface area contributed by atoms with E-state index >= 15 is 0 Å². The molecule has 1 aromatic carbocycles. The van der Waals surface area contributed by atoms with Crippen molar-refractivity contribution in [1.29, 1.82) is 0 Å². The summed E-state index contributed by atoms with van der Waals surface area (Å²) in [5.41, 5.74) is 3.72. The van der Waals surface area contributed by atoms with Gasteiger partial charge in [0.05, 0.1) is 12.3 Å². The molecule has 0 aromatic heterocycles. The molecule has 0 atom stereocenters. The quantitative estimate of drug-likeness (QED) is 0.791. The molecule has 1 aliphatic heterocycles. The first kappa shape index (κ1) is 14.5. The molecule has 0 spiro atoms. The van der Waals surface area contributed by atoms with Gasteiger partial charge in [-0.1, -0.05) is 17.7 Å². The minimum atomic E-state index is -0.262. The standard InChI is InChI=1S/C15H20N2O3/c1-10-7-11(2)14(12(3)8-10)17-13(18)9-16(15(17)19)5-6-20-4/h7-8H,5-6,9H2,1-4H3. The van der Waals surface area contributed by atoms with Crippen molar-refractivity contribution in [3.63, 3.8) is 0 Å². The molecular weight excluding hydrogens is 256 g/mol. The summed E-state index contributed by atoms with van der Waals surface area (Å²) < 4.78 is 4.97. The van der Waals surface area contributed by atoms with E-state index in [9.17, 15) is 9.59 Å². The smallest absolute Gasteiger partial charge is 0.331 e. The van der Waals surface area contributed by atoms with Crippen molar-refractivity contribution in [3.8, 4) is 0 Å². The Morgan fingerprint density at radius 2 is 1.75 bits per heavy atom. The fourth-order valence-electron chi connectivity index (χ4n) is 2.67. The monoisotopic (exact) mass is 276 g/mol. The van der Waals surface area contributed by atoms with Crippen LogP contribution in [0.15, 0.2) is 12.1 Å². The lowest BCUT2D eigenvalue weighted by molar-refractivity contribution is -0.116. The third-order valence-electron chi connectivity index (χ3n) is 3.46. The molecule has 5 nitrogen and oxygen atoms in total. The molecule has 5 heteroatoms. The first-order valence-corrected chi connectivity index (χ1v) is 6.64. The summed E-state index contributed by atoms with van der Waals surface area (Å²) in [4.78, 5) is 27.4. The summed E-state index contributed by atoms with van der Waals surface area (Å²) in [5, 5.41) is 0. The van der Waals surface area contributed by atoms with Crippen LogP contribution >= 0.6 is 0 Å². The molecule has 1 heterocycles. The van der Waals surface area contributed by atoms with Crippen LogP contribution in [-0.2, 0) is 9.53 Å². The van der Waals surface area contributed by atoms with E-state index in [-0.39, 0.29) is 18.5 Å². The van der Waals surface area contributed by atoms with Crippen LogP contribution in [-0.4, -0.2) is 43.6 Å². The Hall–Kier alpha value is -1.88. The summed E-state index contributed by atoms with van der Waals surface area (Å²) >= 11 is 0. The molecule has 0 aliphatic carbocycles. The fourth-order valence-corrected chi connectivity index (χ4v) is 2.67. The van der Waals surface area contributed by atoms with E-state index in [0.717, 1.165) is 16.7 Å². The number of carbonyl (C=O) groups excluding carboxylic acids is 2. The van der Waals surface area contributed by atoms with Gasteiger partial charge in [0.1, 0.15) is 6.54 Å². The molecule has 0 N–H and O–H groups in total. The van der Waals surface area contributed by atoms with Crippen LogP contribution in [0.5, 0.6) is 0 Å². The first-order valence-electron chi connectivity index (χ1n) is 6.64. The van der Waals surface area contributed by atoms with Gasteiger partial charge in [-0.3, -0.25) is 4.79 Å². The highest BCUT2D eigenvalue weighted by Crippen LogP contribution is 2.29. The first-order chi connectivity index (χ1) is 9.45. The molecule has 1 fully saturated rings. The average molecular weight is 276 g/mol. The Kier molecular flexibility index (Phi) is 4.09. The number of aryl methyl sites for hydroxylation is 3. The zero-order chi connectivity index (χ0) is 14.9. The zero-order valence-corrected chi connectivity index (χ0v) is 12.4. The molecule has 0 unspecified atom stereocenters. The van der Waals surface area contributed by atoms with E-state index in [4.69, 9.17) is 4.74 Å². The third-order valence-corrected chi connectivity index (χ3v) is 3.46. The number of nitrogens with zero attached hydrogens (tertiary/aromatic N) is 2.